The van der Waals surface area contributed by atoms with Gasteiger partial charge < -0.3 is 15.8 Å². The predicted octanol–water partition coefficient (Wildman–Crippen LogP) is 2.12. The fourth-order valence-electron chi connectivity index (χ4n) is 2.89. The Kier molecular flexibility index (Phi) is 4.77. The van der Waals surface area contributed by atoms with Crippen LogP contribution in [-0.2, 0) is 4.79 Å². The molecule has 21 heavy (non-hydrogen) atoms. The van der Waals surface area contributed by atoms with E-state index in [4.69, 9.17) is 10.5 Å². The average Bonchev–Trinajstić information content (AvgIpc) is 2.44. The maximum absolute atomic E-state index is 13.6. The standard InChI is InChI=1S/C15H20F2N2O2/c1-2-19-15(14(18)20)8-4-5-10(9-15)21-12-7-3-6-11(16)13(12)17/h3,6-7,10,19H,2,4-5,8-9H2,1H3,(H2,18,20). The smallest absolute Gasteiger partial charge is 0.237 e. The van der Waals surface area contributed by atoms with Crippen molar-refractivity contribution < 1.29 is 18.3 Å². The Labute approximate surface area is 122 Å². The van der Waals surface area contributed by atoms with Crippen LogP contribution < -0.4 is 15.8 Å². The summed E-state index contributed by atoms with van der Waals surface area (Å²) in [6, 6.07) is 3.81. The quantitative estimate of drug-likeness (QED) is 0.875. The van der Waals surface area contributed by atoms with Crippen molar-refractivity contribution in [2.45, 2.75) is 44.2 Å². The predicted molar refractivity (Wildman–Crippen MR) is 74.8 cm³/mol. The molecule has 3 N–H and O–H groups in total. The molecule has 1 aromatic carbocycles. The van der Waals surface area contributed by atoms with Gasteiger partial charge in [0.05, 0.1) is 0 Å². The lowest BCUT2D eigenvalue weighted by Crippen LogP contribution is -2.59. The van der Waals surface area contributed by atoms with Crippen LogP contribution in [0.3, 0.4) is 0 Å². The zero-order valence-electron chi connectivity index (χ0n) is 12.0. The van der Waals surface area contributed by atoms with Gasteiger partial charge in [0, 0.05) is 6.42 Å². The first-order chi connectivity index (χ1) is 9.98. The van der Waals surface area contributed by atoms with Crippen LogP contribution in [0.4, 0.5) is 8.78 Å². The number of carbonyl (C=O) groups excluding carboxylic acids is 1. The minimum Gasteiger partial charge on any atom is -0.487 e. The number of primary amides is 1. The van der Waals surface area contributed by atoms with Crippen molar-refractivity contribution in [3.05, 3.63) is 29.8 Å². The molecule has 1 saturated carbocycles. The molecule has 2 rings (SSSR count). The van der Waals surface area contributed by atoms with Crippen molar-refractivity contribution in [3.8, 4) is 5.75 Å². The van der Waals surface area contributed by atoms with Crippen molar-refractivity contribution >= 4 is 5.91 Å². The zero-order chi connectivity index (χ0) is 15.5. The normalized spacial score (nSPS) is 25.6. The summed E-state index contributed by atoms with van der Waals surface area (Å²) in [6.45, 7) is 2.49. The molecule has 1 amide bonds. The fourth-order valence-corrected chi connectivity index (χ4v) is 2.89. The lowest BCUT2D eigenvalue weighted by Gasteiger charge is -2.39. The van der Waals surface area contributed by atoms with Gasteiger partial charge in [0.1, 0.15) is 11.6 Å². The lowest BCUT2D eigenvalue weighted by atomic mass is 9.79. The fraction of sp³-hybridized carbons (Fsp3) is 0.533. The van der Waals surface area contributed by atoms with Crippen molar-refractivity contribution in [1.82, 2.24) is 5.32 Å². The number of benzene rings is 1. The lowest BCUT2D eigenvalue weighted by molar-refractivity contribution is -0.127. The number of hydrogen-bond acceptors (Lipinski definition) is 3. The first kappa shape index (κ1) is 15.7. The molecule has 0 heterocycles. The molecule has 0 radical (unpaired) electrons. The van der Waals surface area contributed by atoms with Crippen LogP contribution in [0.25, 0.3) is 0 Å². The molecule has 0 aromatic heterocycles. The van der Waals surface area contributed by atoms with E-state index < -0.39 is 23.1 Å². The Bertz CT molecular complexity index is 520. The summed E-state index contributed by atoms with van der Waals surface area (Å²) in [5, 5.41) is 3.12. The number of rotatable bonds is 5. The molecule has 116 valence electrons. The maximum atomic E-state index is 13.6. The summed E-state index contributed by atoms with van der Waals surface area (Å²) in [4.78, 5) is 11.8. The van der Waals surface area contributed by atoms with Crippen LogP contribution in [0, 0.1) is 11.6 Å². The Balaban J connectivity index is 2.14. The van der Waals surface area contributed by atoms with E-state index in [2.05, 4.69) is 5.32 Å². The topological polar surface area (TPSA) is 64.3 Å². The Morgan fingerprint density at radius 2 is 2.29 bits per heavy atom. The van der Waals surface area contributed by atoms with Gasteiger partial charge in [-0.3, -0.25) is 4.79 Å². The van der Waals surface area contributed by atoms with E-state index in [0.717, 1.165) is 12.5 Å². The Hall–Kier alpha value is -1.69. The molecule has 1 aliphatic carbocycles. The molecule has 1 fully saturated rings. The van der Waals surface area contributed by atoms with Gasteiger partial charge in [0.2, 0.25) is 11.7 Å². The minimum absolute atomic E-state index is 0.128. The van der Waals surface area contributed by atoms with Gasteiger partial charge in [-0.05, 0) is 37.9 Å². The van der Waals surface area contributed by atoms with Crippen molar-refractivity contribution in [1.29, 1.82) is 0 Å². The number of carbonyl (C=O) groups is 1. The summed E-state index contributed by atoms with van der Waals surface area (Å²) in [5.74, 6) is -2.51. The monoisotopic (exact) mass is 298 g/mol. The summed E-state index contributed by atoms with van der Waals surface area (Å²) >= 11 is 0. The van der Waals surface area contributed by atoms with Gasteiger partial charge in [-0.15, -0.1) is 0 Å². The van der Waals surface area contributed by atoms with Gasteiger partial charge in [0.15, 0.2) is 11.6 Å². The molecule has 2 atom stereocenters. The van der Waals surface area contributed by atoms with E-state index in [1.807, 2.05) is 6.92 Å². The van der Waals surface area contributed by atoms with Gasteiger partial charge in [-0.25, -0.2) is 4.39 Å². The first-order valence-corrected chi connectivity index (χ1v) is 7.14. The summed E-state index contributed by atoms with van der Waals surface area (Å²) in [7, 11) is 0. The maximum Gasteiger partial charge on any atom is 0.237 e. The second-order valence-electron chi connectivity index (χ2n) is 5.36. The number of nitrogens with two attached hydrogens (primary N) is 1. The molecule has 4 nitrogen and oxygen atoms in total. The van der Waals surface area contributed by atoms with E-state index in [-0.39, 0.29) is 11.9 Å². The summed E-state index contributed by atoms with van der Waals surface area (Å²) in [5.41, 5.74) is 4.67. The summed E-state index contributed by atoms with van der Waals surface area (Å²) < 4.78 is 32.4. The minimum atomic E-state index is -1.00. The molecule has 1 aliphatic rings. The molecular formula is C15H20F2N2O2. The number of nitrogens with one attached hydrogen (secondary N) is 1. The number of halogens is 2. The summed E-state index contributed by atoms with van der Waals surface area (Å²) in [6.07, 6.45) is 2.02. The largest absolute Gasteiger partial charge is 0.487 e. The van der Waals surface area contributed by atoms with Gasteiger partial charge in [-0.1, -0.05) is 13.0 Å². The van der Waals surface area contributed by atoms with Crippen molar-refractivity contribution in [2.24, 2.45) is 5.73 Å². The van der Waals surface area contributed by atoms with Crippen LogP contribution in [0.5, 0.6) is 5.75 Å². The number of amides is 1. The van der Waals surface area contributed by atoms with Gasteiger partial charge in [0.25, 0.3) is 0 Å². The zero-order valence-corrected chi connectivity index (χ0v) is 12.0. The highest BCUT2D eigenvalue weighted by Crippen LogP contribution is 2.32. The third-order valence-corrected chi connectivity index (χ3v) is 3.90. The second-order valence-corrected chi connectivity index (χ2v) is 5.36. The van der Waals surface area contributed by atoms with E-state index in [1.54, 1.807) is 0 Å². The first-order valence-electron chi connectivity index (χ1n) is 7.14. The van der Waals surface area contributed by atoms with Crippen molar-refractivity contribution in [2.75, 3.05) is 6.54 Å². The molecule has 1 aromatic rings. The third-order valence-electron chi connectivity index (χ3n) is 3.90. The highest BCUT2D eigenvalue weighted by molar-refractivity contribution is 5.84. The second kappa shape index (κ2) is 6.39. The molecular weight excluding hydrogens is 278 g/mol. The third kappa shape index (κ3) is 3.32. The molecule has 6 heteroatoms. The highest BCUT2D eigenvalue weighted by atomic mass is 19.2. The van der Waals surface area contributed by atoms with E-state index in [1.165, 1.54) is 12.1 Å². The van der Waals surface area contributed by atoms with Crippen LogP contribution >= 0.6 is 0 Å². The molecule has 0 aliphatic heterocycles. The van der Waals surface area contributed by atoms with E-state index in [9.17, 15) is 13.6 Å². The Morgan fingerprint density at radius 1 is 1.52 bits per heavy atom. The van der Waals surface area contributed by atoms with E-state index >= 15 is 0 Å². The number of likely N-dealkylation sites (N-methyl/N-ethyl adjacent to an activating group) is 1. The van der Waals surface area contributed by atoms with Crippen LogP contribution in [-0.4, -0.2) is 24.1 Å². The SMILES string of the molecule is CCNC1(C(N)=O)CCCC(Oc2cccc(F)c2F)C1. The molecule has 2 unspecified atom stereocenters. The van der Waals surface area contributed by atoms with Crippen molar-refractivity contribution in [3.63, 3.8) is 0 Å². The Morgan fingerprint density at radius 3 is 2.95 bits per heavy atom. The average molecular weight is 298 g/mol. The van der Waals surface area contributed by atoms with Gasteiger partial charge >= 0.3 is 0 Å². The van der Waals surface area contributed by atoms with Crippen LogP contribution in [0.1, 0.15) is 32.6 Å². The van der Waals surface area contributed by atoms with Crippen LogP contribution in [0.2, 0.25) is 0 Å². The molecule has 0 spiro atoms. The van der Waals surface area contributed by atoms with Crippen LogP contribution in [0.15, 0.2) is 18.2 Å². The number of ether oxygens (including phenoxy) is 1. The number of hydrogen-bond donors (Lipinski definition) is 2. The van der Waals surface area contributed by atoms with Gasteiger partial charge in [-0.2, -0.15) is 4.39 Å². The van der Waals surface area contributed by atoms with E-state index in [0.29, 0.717) is 25.8 Å². The molecule has 0 saturated heterocycles. The highest BCUT2D eigenvalue weighted by Gasteiger charge is 2.41. The molecule has 0 bridgehead atoms.